The van der Waals surface area contributed by atoms with Crippen molar-refractivity contribution in [1.29, 1.82) is 0 Å². The third-order valence-corrected chi connectivity index (χ3v) is 8.17. The third-order valence-electron chi connectivity index (χ3n) is 6.49. The quantitative estimate of drug-likeness (QED) is 0.279. The summed E-state index contributed by atoms with van der Waals surface area (Å²) in [5, 5.41) is 9.83. The van der Waals surface area contributed by atoms with Crippen LogP contribution in [0.2, 0.25) is 5.15 Å². The monoisotopic (exact) mass is 588 g/mol. The lowest BCUT2D eigenvalue weighted by Crippen LogP contribution is -2.44. The van der Waals surface area contributed by atoms with E-state index in [-0.39, 0.29) is 33.9 Å². The van der Waals surface area contributed by atoms with E-state index >= 15 is 0 Å². The van der Waals surface area contributed by atoms with Gasteiger partial charge in [-0.3, -0.25) is 9.29 Å². The molecule has 212 valence electrons. The van der Waals surface area contributed by atoms with Gasteiger partial charge >= 0.3 is 0 Å². The summed E-state index contributed by atoms with van der Waals surface area (Å²) in [6.07, 6.45) is 0.786. The van der Waals surface area contributed by atoms with Gasteiger partial charge in [-0.1, -0.05) is 23.7 Å². The summed E-state index contributed by atoms with van der Waals surface area (Å²) in [4.78, 5) is 18.2. The molecule has 1 saturated carbocycles. The Morgan fingerprint density at radius 3 is 2.38 bits per heavy atom. The molecule has 2 N–H and O–H groups in total. The number of methoxy groups -OCH3 is 2. The Hall–Kier alpha value is -3.68. The van der Waals surface area contributed by atoms with Crippen LogP contribution in [0.5, 0.6) is 17.4 Å². The second-order valence-electron chi connectivity index (χ2n) is 9.74. The number of hydrogen-bond donors (Lipinski definition) is 2. The fourth-order valence-electron chi connectivity index (χ4n) is 4.94. The van der Waals surface area contributed by atoms with Crippen molar-refractivity contribution in [3.8, 4) is 34.6 Å². The van der Waals surface area contributed by atoms with Gasteiger partial charge in [0.25, 0.3) is 0 Å². The number of anilines is 1. The molecule has 0 radical (unpaired) electrons. The summed E-state index contributed by atoms with van der Waals surface area (Å²) in [5.74, 6) is 1.09. The number of nitrogens with zero attached hydrogens (tertiary/aromatic N) is 5. The van der Waals surface area contributed by atoms with Crippen molar-refractivity contribution < 1.29 is 27.7 Å². The second kappa shape index (κ2) is 10.7. The van der Waals surface area contributed by atoms with Crippen LogP contribution in [0.1, 0.15) is 26.7 Å². The van der Waals surface area contributed by atoms with E-state index in [1.807, 2.05) is 6.92 Å². The highest BCUT2D eigenvalue weighted by molar-refractivity contribution is 7.92. The number of hydrogen-bond acceptors (Lipinski definition) is 10. The molecule has 12 nitrogen and oxygen atoms in total. The molecule has 3 heterocycles. The zero-order valence-corrected chi connectivity index (χ0v) is 24.0. The molecule has 0 bridgehead atoms. The predicted molar refractivity (Wildman–Crippen MR) is 150 cm³/mol. The molecule has 0 aliphatic heterocycles. The summed E-state index contributed by atoms with van der Waals surface area (Å²) in [7, 11) is -0.815. The highest BCUT2D eigenvalue weighted by Crippen LogP contribution is 2.40. The first-order valence-electron chi connectivity index (χ1n) is 12.5. The van der Waals surface area contributed by atoms with Crippen molar-refractivity contribution in [3.05, 3.63) is 41.6 Å². The van der Waals surface area contributed by atoms with Crippen LogP contribution >= 0.6 is 11.6 Å². The summed E-state index contributed by atoms with van der Waals surface area (Å²) in [5.41, 5.74) is 0.384. The van der Waals surface area contributed by atoms with E-state index in [1.165, 1.54) is 14.2 Å². The maximum Gasteiger partial charge on any atom is 0.234 e. The van der Waals surface area contributed by atoms with Crippen LogP contribution in [0.25, 0.3) is 28.5 Å². The molecule has 0 atom stereocenters. The minimum absolute atomic E-state index is 0.148. The Bertz CT molecular complexity index is 1650. The predicted octanol–water partition coefficient (Wildman–Crippen LogP) is 3.85. The number of aliphatic hydroxyl groups is 1. The van der Waals surface area contributed by atoms with Gasteiger partial charge in [0.15, 0.2) is 28.1 Å². The number of imidazole rings is 1. The largest absolute Gasteiger partial charge is 0.494 e. The second-order valence-corrected chi connectivity index (χ2v) is 11.9. The highest BCUT2D eigenvalue weighted by atomic mass is 35.5. The minimum Gasteiger partial charge on any atom is -0.494 e. The van der Waals surface area contributed by atoms with Crippen LogP contribution < -0.4 is 18.9 Å². The molecule has 1 aromatic carbocycles. The number of aromatic nitrogens is 5. The molecule has 4 aromatic rings. The number of ether oxygens (including phenoxy) is 3. The number of pyridine rings is 1. The maximum atomic E-state index is 13.0. The normalized spacial score (nSPS) is 18.8. The highest BCUT2D eigenvalue weighted by Gasteiger charge is 2.40. The molecule has 0 spiro atoms. The van der Waals surface area contributed by atoms with Crippen LogP contribution in [0.4, 0.5) is 5.82 Å². The van der Waals surface area contributed by atoms with Gasteiger partial charge in [0.1, 0.15) is 22.9 Å². The van der Waals surface area contributed by atoms with Gasteiger partial charge in [0.2, 0.25) is 15.9 Å². The van der Waals surface area contributed by atoms with E-state index in [4.69, 9.17) is 25.8 Å². The van der Waals surface area contributed by atoms with Crippen LogP contribution in [0.3, 0.4) is 0 Å². The Balaban J connectivity index is 1.68. The summed E-state index contributed by atoms with van der Waals surface area (Å²) in [6.45, 7) is 3.96. The van der Waals surface area contributed by atoms with Crippen LogP contribution in [0.15, 0.2) is 36.4 Å². The lowest BCUT2D eigenvalue weighted by Gasteiger charge is -2.40. The van der Waals surface area contributed by atoms with E-state index in [9.17, 15) is 13.5 Å². The number of para-hydroxylation sites is 1. The van der Waals surface area contributed by atoms with Gasteiger partial charge in [-0.05, 0) is 50.8 Å². The average molecular weight is 589 g/mol. The summed E-state index contributed by atoms with van der Waals surface area (Å²) >= 11 is 6.40. The molecule has 0 saturated heterocycles. The van der Waals surface area contributed by atoms with E-state index < -0.39 is 15.6 Å². The molecule has 0 unspecified atom stereocenters. The summed E-state index contributed by atoms with van der Waals surface area (Å²) in [6, 6.07) is 10.5. The topological polar surface area (TPSA) is 151 Å². The number of sulfonamides is 1. The molecular weight excluding hydrogens is 560 g/mol. The van der Waals surface area contributed by atoms with Crippen molar-refractivity contribution in [3.63, 3.8) is 0 Å². The maximum absolute atomic E-state index is 13.0. The zero-order chi connectivity index (χ0) is 28.7. The smallest absolute Gasteiger partial charge is 0.234 e. The lowest BCUT2D eigenvalue weighted by atomic mass is 9.73. The Morgan fingerprint density at radius 2 is 1.75 bits per heavy atom. The first-order chi connectivity index (χ1) is 19.0. The molecular formula is C26H29ClN6O6S. The Kier molecular flexibility index (Phi) is 7.46. The molecule has 3 aromatic heterocycles. The number of rotatable bonds is 10. The molecule has 1 aliphatic rings. The van der Waals surface area contributed by atoms with Crippen LogP contribution in [-0.2, 0) is 10.0 Å². The zero-order valence-electron chi connectivity index (χ0n) is 22.4. The van der Waals surface area contributed by atoms with Crippen LogP contribution in [-0.4, -0.2) is 70.2 Å². The van der Waals surface area contributed by atoms with Crippen molar-refractivity contribution in [2.45, 2.75) is 32.3 Å². The van der Waals surface area contributed by atoms with Crippen molar-refractivity contribution >= 4 is 38.7 Å². The van der Waals surface area contributed by atoms with Gasteiger partial charge in [0, 0.05) is 6.07 Å². The lowest BCUT2D eigenvalue weighted by molar-refractivity contribution is -0.0494. The fraction of sp³-hybridized carbons (Fsp3) is 0.385. The van der Waals surface area contributed by atoms with Gasteiger partial charge in [-0.2, -0.15) is 0 Å². The number of fused-ring (bicyclic) bond motifs is 1. The SMILES string of the molecule is CCOc1cccc(-c2nc3nc(Cl)c(NS(=O)(=O)C[C@H]4C[C@](C)(O)C4)nc3n2-c2c(OC)cccc2OC)n1. The van der Waals surface area contributed by atoms with Gasteiger partial charge in [-0.15, -0.1) is 0 Å². The van der Waals surface area contributed by atoms with E-state index in [0.717, 1.165) is 0 Å². The van der Waals surface area contributed by atoms with Gasteiger partial charge in [0.05, 0.1) is 32.2 Å². The first-order valence-corrected chi connectivity index (χ1v) is 14.6. The number of halogens is 1. The van der Waals surface area contributed by atoms with Crippen molar-refractivity contribution in [2.75, 3.05) is 31.3 Å². The van der Waals surface area contributed by atoms with E-state index in [0.29, 0.717) is 54.0 Å². The van der Waals surface area contributed by atoms with E-state index in [2.05, 4.69) is 24.7 Å². The third kappa shape index (κ3) is 5.49. The molecule has 1 aliphatic carbocycles. The van der Waals surface area contributed by atoms with E-state index in [1.54, 1.807) is 47.9 Å². The summed E-state index contributed by atoms with van der Waals surface area (Å²) < 4.78 is 46.9. The molecule has 0 amide bonds. The fourth-order valence-corrected chi connectivity index (χ4v) is 6.55. The Morgan fingerprint density at radius 1 is 1.07 bits per heavy atom. The standard InChI is InChI=1S/C26H29ClN6O6S/c1-5-39-19-11-6-8-16(28-19)24-31-23-25(33(24)20-17(37-3)9-7-10-18(20)38-4)30-22(21(27)29-23)32-40(35,36)14-15-12-26(2,34)13-15/h6-11,15,34H,5,12-14H2,1-4H3,(H,30,32)/t15-,26-. The van der Waals surface area contributed by atoms with Gasteiger partial charge in [-0.25, -0.2) is 28.4 Å². The number of benzene rings is 1. The molecule has 40 heavy (non-hydrogen) atoms. The first kappa shape index (κ1) is 27.9. The molecule has 1 fully saturated rings. The molecule has 5 rings (SSSR count). The van der Waals surface area contributed by atoms with Crippen LogP contribution in [0, 0.1) is 5.92 Å². The van der Waals surface area contributed by atoms with Crippen molar-refractivity contribution in [1.82, 2.24) is 24.5 Å². The van der Waals surface area contributed by atoms with Gasteiger partial charge < -0.3 is 19.3 Å². The Labute approximate surface area is 236 Å². The minimum atomic E-state index is -3.85. The van der Waals surface area contributed by atoms with Crippen molar-refractivity contribution in [2.24, 2.45) is 5.92 Å². The average Bonchev–Trinajstić information content (AvgIpc) is 3.24. The number of nitrogens with one attached hydrogen (secondary N) is 1. The molecule has 14 heteroatoms.